The van der Waals surface area contributed by atoms with Crippen LogP contribution in [0.1, 0.15) is 24.0 Å². The van der Waals surface area contributed by atoms with Crippen LogP contribution < -0.4 is 30.2 Å². The average molecular weight is 623 g/mol. The molecule has 4 aromatic rings. The van der Waals surface area contributed by atoms with Gasteiger partial charge >= 0.3 is 0 Å². The second kappa shape index (κ2) is 14.1. The Bertz CT molecular complexity index is 1620. The molecule has 43 heavy (non-hydrogen) atoms. The Kier molecular flexibility index (Phi) is 9.99. The van der Waals surface area contributed by atoms with Crippen LogP contribution in [0.15, 0.2) is 60.7 Å². The number of benzene rings is 2. The van der Waals surface area contributed by atoms with Crippen LogP contribution in [0.5, 0.6) is 23.4 Å². The van der Waals surface area contributed by atoms with E-state index < -0.39 is 0 Å². The Labute approximate surface area is 260 Å². The van der Waals surface area contributed by atoms with Crippen LogP contribution in [-0.2, 0) is 17.9 Å². The second-order valence-corrected chi connectivity index (χ2v) is 10.8. The zero-order chi connectivity index (χ0) is 30.3. The van der Waals surface area contributed by atoms with Crippen molar-refractivity contribution in [1.29, 1.82) is 0 Å². The van der Waals surface area contributed by atoms with E-state index in [1.165, 1.54) is 0 Å². The Morgan fingerprint density at radius 2 is 1.53 bits per heavy atom. The molecule has 1 atom stereocenters. The third-order valence-corrected chi connectivity index (χ3v) is 7.94. The van der Waals surface area contributed by atoms with Crippen molar-refractivity contribution in [2.45, 2.75) is 32.0 Å². The van der Waals surface area contributed by atoms with E-state index in [0.29, 0.717) is 70.7 Å². The number of carbonyl (C=O) groups excluding carboxylic acids is 1. The predicted octanol–water partition coefficient (Wildman–Crippen LogP) is 6.01. The van der Waals surface area contributed by atoms with Gasteiger partial charge in [0.2, 0.25) is 23.5 Å². The third kappa shape index (κ3) is 7.02. The van der Waals surface area contributed by atoms with Crippen LogP contribution in [0.4, 0.5) is 0 Å². The largest absolute Gasteiger partial charge is 0.481 e. The molecule has 11 heteroatoms. The van der Waals surface area contributed by atoms with Crippen LogP contribution in [0.25, 0.3) is 22.4 Å². The summed E-state index contributed by atoms with van der Waals surface area (Å²) in [6.07, 6.45) is 1.41. The molecular formula is C32H33Cl2N5O4. The number of amides is 1. The normalized spacial score (nSPS) is 14.4. The Morgan fingerprint density at radius 1 is 0.860 bits per heavy atom. The molecule has 2 aromatic carbocycles. The predicted molar refractivity (Wildman–Crippen MR) is 168 cm³/mol. The molecule has 0 radical (unpaired) electrons. The first-order chi connectivity index (χ1) is 20.9. The molecule has 1 amide bonds. The van der Waals surface area contributed by atoms with Crippen molar-refractivity contribution in [3.63, 3.8) is 0 Å². The van der Waals surface area contributed by atoms with Gasteiger partial charge in [-0.25, -0.2) is 4.98 Å². The van der Waals surface area contributed by atoms with Crippen molar-refractivity contribution in [1.82, 2.24) is 25.9 Å². The number of aromatic nitrogens is 2. The van der Waals surface area contributed by atoms with E-state index in [1.54, 1.807) is 26.4 Å². The molecule has 0 spiro atoms. The molecule has 9 nitrogen and oxygen atoms in total. The van der Waals surface area contributed by atoms with Crippen molar-refractivity contribution in [2.24, 2.45) is 0 Å². The van der Waals surface area contributed by atoms with Crippen molar-refractivity contribution in [3.8, 4) is 45.8 Å². The van der Waals surface area contributed by atoms with Crippen molar-refractivity contribution in [2.75, 3.05) is 27.8 Å². The van der Waals surface area contributed by atoms with Gasteiger partial charge in [0.05, 0.1) is 30.0 Å². The molecule has 1 unspecified atom stereocenters. The summed E-state index contributed by atoms with van der Waals surface area (Å²) >= 11 is 13.9. The minimum absolute atomic E-state index is 0.0998. The van der Waals surface area contributed by atoms with E-state index in [4.69, 9.17) is 42.4 Å². The van der Waals surface area contributed by atoms with Gasteiger partial charge in [-0.05, 0) is 31.7 Å². The maximum atomic E-state index is 11.5. The SMILES string of the molecule is CNCc1ccc(Oc2cccc(-c3cccc(-c4ccc(CNCC5CCC(=O)N5)c(OC)n4)c3Cl)c2Cl)nc1OC. The maximum absolute atomic E-state index is 11.5. The topological polar surface area (TPSA) is 107 Å². The molecule has 5 rings (SSSR count). The summed E-state index contributed by atoms with van der Waals surface area (Å²) in [4.78, 5) is 20.7. The highest BCUT2D eigenvalue weighted by atomic mass is 35.5. The van der Waals surface area contributed by atoms with Crippen LogP contribution in [0, 0.1) is 0 Å². The van der Waals surface area contributed by atoms with E-state index in [2.05, 4.69) is 20.9 Å². The molecular weight excluding hydrogens is 589 g/mol. The zero-order valence-electron chi connectivity index (χ0n) is 24.2. The van der Waals surface area contributed by atoms with Crippen LogP contribution in [0.2, 0.25) is 10.0 Å². The standard InChI is InChI=1S/C32H33Cl2N5O4/c1-35-16-19-11-15-28(39-32(19)42-3)43-26-9-5-7-23(30(26)34)22-6-4-8-24(29(22)33)25-13-10-20(31(38-25)41-2)17-36-18-21-12-14-27(40)37-21/h4-11,13,15,21,35-36H,12,14,16-18H2,1-3H3,(H,37,40). The van der Waals surface area contributed by atoms with Gasteiger partial charge in [-0.2, -0.15) is 4.98 Å². The lowest BCUT2D eigenvalue weighted by molar-refractivity contribution is -0.119. The molecule has 1 aliphatic heterocycles. The summed E-state index contributed by atoms with van der Waals surface area (Å²) in [7, 11) is 5.02. The minimum atomic E-state index is 0.0998. The fourth-order valence-electron chi connectivity index (χ4n) is 5.00. The number of halogens is 2. The first-order valence-electron chi connectivity index (χ1n) is 13.9. The van der Waals surface area contributed by atoms with Gasteiger partial charge in [-0.15, -0.1) is 0 Å². The monoisotopic (exact) mass is 621 g/mol. The quantitative estimate of drug-likeness (QED) is 0.176. The van der Waals surface area contributed by atoms with Gasteiger partial charge in [0.25, 0.3) is 0 Å². The van der Waals surface area contributed by atoms with Crippen molar-refractivity contribution in [3.05, 3.63) is 81.8 Å². The van der Waals surface area contributed by atoms with Gasteiger partial charge in [0.15, 0.2) is 0 Å². The van der Waals surface area contributed by atoms with Gasteiger partial charge < -0.3 is 30.2 Å². The number of nitrogens with one attached hydrogen (secondary N) is 3. The first kappa shape index (κ1) is 30.6. The molecule has 0 bridgehead atoms. The number of ether oxygens (including phenoxy) is 3. The van der Waals surface area contributed by atoms with E-state index >= 15 is 0 Å². The maximum Gasteiger partial charge on any atom is 0.222 e. The highest BCUT2D eigenvalue weighted by Gasteiger charge is 2.21. The lowest BCUT2D eigenvalue weighted by Gasteiger charge is -2.16. The number of methoxy groups -OCH3 is 2. The first-order valence-corrected chi connectivity index (χ1v) is 14.7. The summed E-state index contributed by atoms with van der Waals surface area (Å²) in [5.41, 5.74) is 4.65. The molecule has 224 valence electrons. The summed E-state index contributed by atoms with van der Waals surface area (Å²) in [6, 6.07) is 18.9. The number of rotatable bonds is 12. The fraction of sp³-hybridized carbons (Fsp3) is 0.281. The molecule has 0 saturated carbocycles. The summed E-state index contributed by atoms with van der Waals surface area (Å²) in [6.45, 7) is 1.85. The molecule has 0 aliphatic carbocycles. The van der Waals surface area contributed by atoms with Crippen LogP contribution in [-0.4, -0.2) is 49.7 Å². The van der Waals surface area contributed by atoms with Crippen LogP contribution in [0.3, 0.4) is 0 Å². The number of pyridine rings is 2. The zero-order valence-corrected chi connectivity index (χ0v) is 25.7. The summed E-state index contributed by atoms with van der Waals surface area (Å²) in [5, 5.41) is 10.3. The van der Waals surface area contributed by atoms with E-state index in [-0.39, 0.29) is 11.9 Å². The molecule has 1 fully saturated rings. The molecule has 3 heterocycles. The lowest BCUT2D eigenvalue weighted by atomic mass is 10.0. The van der Waals surface area contributed by atoms with E-state index in [9.17, 15) is 4.79 Å². The number of hydrogen-bond acceptors (Lipinski definition) is 8. The highest BCUT2D eigenvalue weighted by Crippen LogP contribution is 2.43. The fourth-order valence-corrected chi connectivity index (χ4v) is 5.59. The minimum Gasteiger partial charge on any atom is -0.481 e. The van der Waals surface area contributed by atoms with Crippen molar-refractivity contribution >= 4 is 29.1 Å². The smallest absolute Gasteiger partial charge is 0.222 e. The summed E-state index contributed by atoms with van der Waals surface area (Å²) < 4.78 is 17.1. The lowest BCUT2D eigenvalue weighted by Crippen LogP contribution is -2.35. The average Bonchev–Trinajstić information content (AvgIpc) is 3.44. The Balaban J connectivity index is 1.38. The highest BCUT2D eigenvalue weighted by molar-refractivity contribution is 6.38. The molecule has 3 N–H and O–H groups in total. The van der Waals surface area contributed by atoms with Gasteiger partial charge in [-0.1, -0.05) is 59.6 Å². The molecule has 2 aromatic heterocycles. The van der Waals surface area contributed by atoms with Crippen molar-refractivity contribution < 1.29 is 19.0 Å². The van der Waals surface area contributed by atoms with E-state index in [0.717, 1.165) is 28.7 Å². The number of nitrogens with zero attached hydrogens (tertiary/aromatic N) is 2. The second-order valence-electron chi connectivity index (χ2n) is 10.0. The Morgan fingerprint density at radius 3 is 2.26 bits per heavy atom. The van der Waals surface area contributed by atoms with Gasteiger partial charge in [-0.3, -0.25) is 4.79 Å². The number of carbonyl (C=O) groups is 1. The Hall–Kier alpha value is -3.89. The molecule has 1 saturated heterocycles. The van der Waals surface area contributed by atoms with Gasteiger partial charge in [0, 0.05) is 66.0 Å². The summed E-state index contributed by atoms with van der Waals surface area (Å²) in [5.74, 6) is 1.86. The number of hydrogen-bond donors (Lipinski definition) is 3. The van der Waals surface area contributed by atoms with Crippen LogP contribution >= 0.6 is 23.2 Å². The van der Waals surface area contributed by atoms with Gasteiger partial charge in [0.1, 0.15) is 5.75 Å². The third-order valence-electron chi connectivity index (χ3n) is 7.14. The van der Waals surface area contributed by atoms with E-state index in [1.807, 2.05) is 55.6 Å². The molecule has 1 aliphatic rings.